The first-order valence-electron chi connectivity index (χ1n) is 10.9. The Morgan fingerprint density at radius 3 is 2.66 bits per heavy atom. The van der Waals surface area contributed by atoms with Gasteiger partial charge in [0, 0.05) is 12.2 Å². The van der Waals surface area contributed by atoms with Crippen LogP contribution in [-0.4, -0.2) is 37.1 Å². The minimum atomic E-state index is -0.521. The van der Waals surface area contributed by atoms with Gasteiger partial charge in [-0.2, -0.15) is 15.0 Å². The summed E-state index contributed by atoms with van der Waals surface area (Å²) in [4.78, 5) is 42.9. The normalized spacial score (nSPS) is 11.8. The van der Waals surface area contributed by atoms with Gasteiger partial charge in [-0.3, -0.25) is 9.36 Å². The second-order valence-electron chi connectivity index (χ2n) is 7.71. The Labute approximate surface area is 205 Å². The van der Waals surface area contributed by atoms with E-state index >= 15 is 0 Å². The molecule has 0 saturated heterocycles. The highest BCUT2D eigenvalue weighted by Crippen LogP contribution is 2.25. The maximum absolute atomic E-state index is 13.7. The van der Waals surface area contributed by atoms with Crippen LogP contribution in [0.2, 0.25) is 5.02 Å². The zero-order valence-corrected chi connectivity index (χ0v) is 20.1. The van der Waals surface area contributed by atoms with Crippen LogP contribution in [0.1, 0.15) is 31.5 Å². The van der Waals surface area contributed by atoms with Crippen molar-refractivity contribution in [1.29, 1.82) is 0 Å². The maximum Gasteiger partial charge on any atom is 0.319 e. The van der Waals surface area contributed by atoms with Gasteiger partial charge in [0.05, 0.1) is 27.7 Å². The molecule has 0 radical (unpaired) electrons. The lowest BCUT2D eigenvalue weighted by Crippen LogP contribution is -2.29. The lowest BCUT2D eigenvalue weighted by molar-refractivity contribution is 0.252. The van der Waals surface area contributed by atoms with Crippen LogP contribution < -0.4 is 27.2 Å². The molecule has 1 unspecified atom stereocenters. The van der Waals surface area contributed by atoms with E-state index in [2.05, 4.69) is 30.9 Å². The van der Waals surface area contributed by atoms with Gasteiger partial charge in [-0.05, 0) is 51.1 Å². The Morgan fingerprint density at radius 2 is 1.91 bits per heavy atom. The van der Waals surface area contributed by atoms with Gasteiger partial charge < -0.3 is 21.7 Å². The number of aryl methyl sites for hydroxylation is 1. The third kappa shape index (κ3) is 5.14. The zero-order chi connectivity index (χ0) is 25.1. The van der Waals surface area contributed by atoms with Crippen molar-refractivity contribution in [3.05, 3.63) is 69.5 Å². The SMILES string of the molecule is CCNC(=O)Nc1cccc(-n2c(C(C)Nc3nc(C)nc(N)n3)nc3cccc(Cl)c3c2=O)c1. The van der Waals surface area contributed by atoms with Gasteiger partial charge in [0.25, 0.3) is 5.56 Å². The molecule has 5 N–H and O–H groups in total. The number of amides is 2. The second kappa shape index (κ2) is 9.94. The van der Waals surface area contributed by atoms with E-state index in [0.29, 0.717) is 40.1 Å². The first kappa shape index (κ1) is 23.9. The van der Waals surface area contributed by atoms with Crippen molar-refractivity contribution in [3.8, 4) is 5.69 Å². The summed E-state index contributed by atoms with van der Waals surface area (Å²) in [5.41, 5.74) is 6.85. The van der Waals surface area contributed by atoms with Gasteiger partial charge in [-0.25, -0.2) is 9.78 Å². The van der Waals surface area contributed by atoms with Crippen LogP contribution in [0, 0.1) is 6.92 Å². The first-order valence-corrected chi connectivity index (χ1v) is 11.3. The van der Waals surface area contributed by atoms with E-state index in [0.717, 1.165) is 0 Å². The number of carbonyl (C=O) groups excluding carboxylic acids is 1. The third-order valence-electron chi connectivity index (χ3n) is 5.07. The second-order valence-corrected chi connectivity index (χ2v) is 8.12. The number of rotatable bonds is 6. The summed E-state index contributed by atoms with van der Waals surface area (Å²) in [6.45, 7) is 5.82. The predicted octanol–water partition coefficient (Wildman–Crippen LogP) is 3.43. The number of nitrogens with two attached hydrogens (primary N) is 1. The van der Waals surface area contributed by atoms with Crippen LogP contribution in [-0.2, 0) is 0 Å². The number of benzene rings is 2. The van der Waals surface area contributed by atoms with Crippen molar-refractivity contribution < 1.29 is 4.79 Å². The first-order chi connectivity index (χ1) is 16.8. The van der Waals surface area contributed by atoms with E-state index in [1.54, 1.807) is 49.4 Å². The number of nitrogen functional groups attached to an aromatic ring is 1. The van der Waals surface area contributed by atoms with Gasteiger partial charge in [0.1, 0.15) is 11.6 Å². The van der Waals surface area contributed by atoms with Crippen LogP contribution in [0.15, 0.2) is 47.3 Å². The summed E-state index contributed by atoms with van der Waals surface area (Å²) >= 11 is 6.38. The van der Waals surface area contributed by atoms with E-state index < -0.39 is 6.04 Å². The highest BCUT2D eigenvalue weighted by atomic mass is 35.5. The molecule has 2 heterocycles. The van der Waals surface area contributed by atoms with Crippen molar-refractivity contribution in [2.75, 3.05) is 22.9 Å². The quantitative estimate of drug-likeness (QED) is 0.318. The van der Waals surface area contributed by atoms with Crippen LogP contribution in [0.25, 0.3) is 16.6 Å². The summed E-state index contributed by atoms with van der Waals surface area (Å²) in [6, 6.07) is 11.1. The van der Waals surface area contributed by atoms with Crippen molar-refractivity contribution in [2.24, 2.45) is 0 Å². The standard InChI is InChI=1S/C23H24ClN9O2/c1-4-26-23(35)30-14-7-5-8-15(11-14)33-19(12(2)27-22-29-13(3)28-21(25)32-22)31-17-10-6-9-16(24)18(17)20(33)34/h5-12H,4H2,1-3H3,(H2,26,30,35)(H3,25,27,28,29,32). The highest BCUT2D eigenvalue weighted by Gasteiger charge is 2.20. The van der Waals surface area contributed by atoms with Gasteiger partial charge in [0.15, 0.2) is 0 Å². The van der Waals surface area contributed by atoms with E-state index in [-0.39, 0.29) is 28.9 Å². The molecule has 12 heteroatoms. The fraction of sp³-hybridized carbons (Fsp3) is 0.217. The van der Waals surface area contributed by atoms with E-state index in [9.17, 15) is 9.59 Å². The largest absolute Gasteiger partial charge is 0.368 e. The van der Waals surface area contributed by atoms with Crippen LogP contribution in [0.3, 0.4) is 0 Å². The van der Waals surface area contributed by atoms with Crippen molar-refractivity contribution >= 4 is 46.1 Å². The molecule has 4 rings (SSSR count). The molecule has 0 aliphatic heterocycles. The molecule has 180 valence electrons. The van der Waals surface area contributed by atoms with Gasteiger partial charge >= 0.3 is 6.03 Å². The molecular formula is C23H24ClN9O2. The topological polar surface area (TPSA) is 153 Å². The fourth-order valence-electron chi connectivity index (χ4n) is 3.63. The van der Waals surface area contributed by atoms with Gasteiger partial charge in [-0.15, -0.1) is 0 Å². The van der Waals surface area contributed by atoms with Crippen LogP contribution >= 0.6 is 11.6 Å². The average molecular weight is 494 g/mol. The molecule has 35 heavy (non-hydrogen) atoms. The Morgan fingerprint density at radius 1 is 1.14 bits per heavy atom. The molecule has 0 spiro atoms. The number of fused-ring (bicyclic) bond motifs is 1. The zero-order valence-electron chi connectivity index (χ0n) is 19.3. The lowest BCUT2D eigenvalue weighted by atomic mass is 10.2. The Bertz CT molecular complexity index is 1450. The van der Waals surface area contributed by atoms with Crippen molar-refractivity contribution in [1.82, 2.24) is 29.8 Å². The fourth-order valence-corrected chi connectivity index (χ4v) is 3.88. The molecule has 4 aromatic rings. The summed E-state index contributed by atoms with van der Waals surface area (Å²) in [5, 5.41) is 9.15. The molecule has 2 amide bonds. The molecule has 0 aliphatic carbocycles. The lowest BCUT2D eigenvalue weighted by Gasteiger charge is -2.20. The minimum Gasteiger partial charge on any atom is -0.368 e. The summed E-state index contributed by atoms with van der Waals surface area (Å²) in [7, 11) is 0. The number of nitrogens with one attached hydrogen (secondary N) is 3. The number of urea groups is 1. The van der Waals surface area contributed by atoms with E-state index in [4.69, 9.17) is 22.3 Å². The molecule has 0 saturated carbocycles. The number of hydrogen-bond acceptors (Lipinski definition) is 8. The maximum atomic E-state index is 13.7. The smallest absolute Gasteiger partial charge is 0.319 e. The number of carbonyl (C=O) groups is 1. The van der Waals surface area contributed by atoms with Crippen LogP contribution in [0.4, 0.5) is 22.4 Å². The summed E-state index contributed by atoms with van der Waals surface area (Å²) < 4.78 is 1.45. The molecule has 0 bridgehead atoms. The third-order valence-corrected chi connectivity index (χ3v) is 5.38. The molecule has 2 aromatic heterocycles. The molecule has 11 nitrogen and oxygen atoms in total. The van der Waals surface area contributed by atoms with Crippen molar-refractivity contribution in [2.45, 2.75) is 26.8 Å². The Balaban J connectivity index is 1.86. The number of aromatic nitrogens is 5. The number of halogens is 1. The number of anilines is 3. The predicted molar refractivity (Wildman–Crippen MR) is 136 cm³/mol. The summed E-state index contributed by atoms with van der Waals surface area (Å²) in [6.07, 6.45) is 0. The molecule has 0 aliphatic rings. The highest BCUT2D eigenvalue weighted by molar-refractivity contribution is 6.35. The Kier molecular flexibility index (Phi) is 6.78. The van der Waals surface area contributed by atoms with E-state index in [1.807, 2.05) is 13.8 Å². The molecule has 0 fully saturated rings. The number of nitrogens with zero attached hydrogens (tertiary/aromatic N) is 5. The Hall–Kier alpha value is -4.25. The molecule has 2 aromatic carbocycles. The van der Waals surface area contributed by atoms with Gasteiger partial charge in [0.2, 0.25) is 11.9 Å². The van der Waals surface area contributed by atoms with E-state index in [1.165, 1.54) is 4.57 Å². The monoisotopic (exact) mass is 493 g/mol. The molecular weight excluding hydrogens is 470 g/mol. The minimum absolute atomic E-state index is 0.0759. The van der Waals surface area contributed by atoms with Crippen LogP contribution in [0.5, 0.6) is 0 Å². The molecule has 1 atom stereocenters. The van der Waals surface area contributed by atoms with Gasteiger partial charge in [-0.1, -0.05) is 23.7 Å². The summed E-state index contributed by atoms with van der Waals surface area (Å²) in [5.74, 6) is 1.16. The average Bonchev–Trinajstić information content (AvgIpc) is 2.78. The van der Waals surface area contributed by atoms with Crippen molar-refractivity contribution in [3.63, 3.8) is 0 Å². The number of hydrogen-bond donors (Lipinski definition) is 4.